The monoisotopic (exact) mass is 387 g/mol. The van der Waals surface area contributed by atoms with E-state index in [1.165, 1.54) is 0 Å². The fourth-order valence-corrected chi connectivity index (χ4v) is 3.80. The van der Waals surface area contributed by atoms with Crippen molar-refractivity contribution < 1.29 is 4.79 Å². The van der Waals surface area contributed by atoms with Gasteiger partial charge in [-0.1, -0.05) is 12.1 Å². The predicted octanol–water partition coefficient (Wildman–Crippen LogP) is 3.27. The second-order valence-corrected chi connectivity index (χ2v) is 8.08. The van der Waals surface area contributed by atoms with Gasteiger partial charge in [0.1, 0.15) is 0 Å². The van der Waals surface area contributed by atoms with Crippen molar-refractivity contribution in [2.75, 3.05) is 18.4 Å². The Bertz CT molecular complexity index is 1070. The Hall–Kier alpha value is -2.99. The van der Waals surface area contributed by atoms with Crippen LogP contribution in [0.1, 0.15) is 35.2 Å². The molecule has 1 amide bonds. The minimum absolute atomic E-state index is 0.00925. The van der Waals surface area contributed by atoms with Crippen molar-refractivity contribution in [3.05, 3.63) is 53.7 Å². The van der Waals surface area contributed by atoms with Crippen LogP contribution in [0.2, 0.25) is 0 Å². The molecule has 1 saturated heterocycles. The summed E-state index contributed by atoms with van der Waals surface area (Å²) in [5.41, 5.74) is 4.89. The van der Waals surface area contributed by atoms with E-state index in [9.17, 15) is 4.79 Å². The number of carbonyl (C=O) groups is 1. The molecule has 3 aromatic rings. The number of aromatic nitrogens is 2. The summed E-state index contributed by atoms with van der Waals surface area (Å²) in [6, 6.07) is 12.8. The summed E-state index contributed by atoms with van der Waals surface area (Å²) in [6.45, 7) is 4.05. The number of hydrogen-bond donors (Lipinski definition) is 3. The van der Waals surface area contributed by atoms with Crippen LogP contribution in [0.4, 0.5) is 5.95 Å². The molecule has 1 aliphatic carbocycles. The number of amides is 1. The normalized spacial score (nSPS) is 18.7. The Kier molecular flexibility index (Phi) is 4.64. The van der Waals surface area contributed by atoms with Crippen molar-refractivity contribution in [2.24, 2.45) is 0 Å². The van der Waals surface area contributed by atoms with Crippen molar-refractivity contribution in [1.82, 2.24) is 20.6 Å². The van der Waals surface area contributed by atoms with Crippen molar-refractivity contribution in [3.8, 4) is 11.1 Å². The molecule has 6 nitrogen and oxygen atoms in total. The molecule has 2 aliphatic rings. The molecule has 1 saturated carbocycles. The van der Waals surface area contributed by atoms with E-state index < -0.39 is 0 Å². The second kappa shape index (κ2) is 7.44. The summed E-state index contributed by atoms with van der Waals surface area (Å²) in [4.78, 5) is 21.6. The first-order valence-corrected chi connectivity index (χ1v) is 10.3. The number of benzene rings is 2. The molecule has 1 atom stereocenters. The molecule has 0 radical (unpaired) electrons. The number of rotatable bonds is 5. The molecule has 29 heavy (non-hydrogen) atoms. The fourth-order valence-electron chi connectivity index (χ4n) is 3.80. The van der Waals surface area contributed by atoms with Crippen LogP contribution in [0.15, 0.2) is 42.6 Å². The molecule has 5 rings (SSSR count). The zero-order valence-electron chi connectivity index (χ0n) is 16.5. The van der Waals surface area contributed by atoms with Gasteiger partial charge in [0, 0.05) is 35.8 Å². The quantitative estimate of drug-likeness (QED) is 0.626. The van der Waals surface area contributed by atoms with E-state index in [2.05, 4.69) is 45.0 Å². The van der Waals surface area contributed by atoms with E-state index in [1.54, 1.807) is 0 Å². The molecule has 0 unspecified atom stereocenters. The first-order chi connectivity index (χ1) is 14.2. The average molecular weight is 387 g/mol. The van der Waals surface area contributed by atoms with Crippen LogP contribution >= 0.6 is 0 Å². The number of hydrogen-bond acceptors (Lipinski definition) is 5. The lowest BCUT2D eigenvalue weighted by atomic mass is 9.97. The molecule has 0 bridgehead atoms. The summed E-state index contributed by atoms with van der Waals surface area (Å²) in [6.07, 6.45) is 5.13. The van der Waals surface area contributed by atoms with Crippen LogP contribution in [0.5, 0.6) is 0 Å². The second-order valence-electron chi connectivity index (χ2n) is 8.08. The Morgan fingerprint density at radius 2 is 2.00 bits per heavy atom. The predicted molar refractivity (Wildman–Crippen MR) is 115 cm³/mol. The van der Waals surface area contributed by atoms with Gasteiger partial charge >= 0.3 is 0 Å². The van der Waals surface area contributed by atoms with Crippen LogP contribution < -0.4 is 16.0 Å². The number of nitrogens with zero attached hydrogens (tertiary/aromatic N) is 2. The van der Waals surface area contributed by atoms with E-state index >= 15 is 0 Å². The topological polar surface area (TPSA) is 78.9 Å². The van der Waals surface area contributed by atoms with Crippen molar-refractivity contribution in [1.29, 1.82) is 0 Å². The summed E-state index contributed by atoms with van der Waals surface area (Å²) < 4.78 is 0. The molecule has 2 heterocycles. The smallest absolute Gasteiger partial charge is 0.251 e. The van der Waals surface area contributed by atoms with Crippen LogP contribution in [0, 0.1) is 6.92 Å². The highest BCUT2D eigenvalue weighted by molar-refractivity contribution is 5.96. The summed E-state index contributed by atoms with van der Waals surface area (Å²) in [5.74, 6) is 0.684. The molecule has 2 aromatic carbocycles. The Morgan fingerprint density at radius 3 is 2.79 bits per heavy atom. The van der Waals surface area contributed by atoms with Crippen LogP contribution in [-0.2, 0) is 0 Å². The number of fused-ring (bicyclic) bond motifs is 1. The summed E-state index contributed by atoms with van der Waals surface area (Å²) >= 11 is 0. The van der Waals surface area contributed by atoms with E-state index in [0.29, 0.717) is 23.6 Å². The highest BCUT2D eigenvalue weighted by Gasteiger charge is 2.24. The maximum absolute atomic E-state index is 12.4. The maximum atomic E-state index is 12.4. The molecule has 6 heteroatoms. The van der Waals surface area contributed by atoms with E-state index in [0.717, 1.165) is 59.9 Å². The molecular formula is C23H25N5O. The molecular weight excluding hydrogens is 362 g/mol. The van der Waals surface area contributed by atoms with Crippen molar-refractivity contribution >= 4 is 22.8 Å². The van der Waals surface area contributed by atoms with E-state index in [-0.39, 0.29) is 5.91 Å². The molecule has 3 N–H and O–H groups in total. The summed E-state index contributed by atoms with van der Waals surface area (Å²) in [5, 5.41) is 10.8. The maximum Gasteiger partial charge on any atom is 0.251 e. The fraction of sp³-hybridized carbons (Fsp3) is 0.348. The molecule has 1 aromatic heterocycles. The number of carbonyl (C=O) groups excluding carboxylic acids is 1. The first kappa shape index (κ1) is 18.1. The van der Waals surface area contributed by atoms with Crippen LogP contribution in [0.3, 0.4) is 0 Å². The largest absolute Gasteiger partial charge is 0.350 e. The zero-order chi connectivity index (χ0) is 19.8. The highest BCUT2D eigenvalue weighted by atomic mass is 16.1. The van der Waals surface area contributed by atoms with Gasteiger partial charge < -0.3 is 16.0 Å². The van der Waals surface area contributed by atoms with Gasteiger partial charge in [0.2, 0.25) is 5.95 Å². The Balaban J connectivity index is 1.42. The van der Waals surface area contributed by atoms with Crippen molar-refractivity contribution in [2.45, 2.75) is 38.3 Å². The van der Waals surface area contributed by atoms with Gasteiger partial charge in [-0.15, -0.1) is 0 Å². The van der Waals surface area contributed by atoms with Gasteiger partial charge in [0.15, 0.2) is 0 Å². The third-order valence-corrected chi connectivity index (χ3v) is 5.70. The minimum Gasteiger partial charge on any atom is -0.350 e. The number of anilines is 1. The van der Waals surface area contributed by atoms with Gasteiger partial charge in [0.25, 0.3) is 5.91 Å². The van der Waals surface area contributed by atoms with Crippen LogP contribution in [0.25, 0.3) is 22.0 Å². The van der Waals surface area contributed by atoms with Gasteiger partial charge in [0.05, 0.1) is 5.52 Å². The lowest BCUT2D eigenvalue weighted by Gasteiger charge is -2.12. The molecule has 148 valence electrons. The van der Waals surface area contributed by atoms with Gasteiger partial charge in [-0.05, 0) is 73.7 Å². The first-order valence-electron chi connectivity index (χ1n) is 10.3. The van der Waals surface area contributed by atoms with E-state index in [1.807, 2.05) is 30.5 Å². The van der Waals surface area contributed by atoms with E-state index in [4.69, 9.17) is 0 Å². The Labute approximate surface area is 170 Å². The molecule has 1 aliphatic heterocycles. The van der Waals surface area contributed by atoms with Crippen LogP contribution in [-0.4, -0.2) is 41.0 Å². The summed E-state index contributed by atoms with van der Waals surface area (Å²) in [7, 11) is 0. The lowest BCUT2D eigenvalue weighted by molar-refractivity contribution is 0.0951. The third kappa shape index (κ3) is 3.93. The standard InChI is InChI=1S/C23H25N5O/c1-14-2-3-16(22(29)26-18-5-6-18)11-20(14)15-4-7-21-17(10-15)12-25-23(28-21)27-19-8-9-24-13-19/h2-4,7,10-12,18-19,24H,5-6,8-9,13H2,1H3,(H,26,29)(H,25,27,28)/t19-/m1/s1. The molecule has 2 fully saturated rings. The number of nitrogens with one attached hydrogen (secondary N) is 3. The highest BCUT2D eigenvalue weighted by Crippen LogP contribution is 2.28. The van der Waals surface area contributed by atoms with Gasteiger partial charge in [-0.3, -0.25) is 4.79 Å². The lowest BCUT2D eigenvalue weighted by Crippen LogP contribution is -2.25. The molecule has 0 spiro atoms. The number of aryl methyl sites for hydroxylation is 1. The minimum atomic E-state index is 0.00925. The zero-order valence-corrected chi connectivity index (χ0v) is 16.5. The van der Waals surface area contributed by atoms with Gasteiger partial charge in [-0.25, -0.2) is 9.97 Å². The van der Waals surface area contributed by atoms with Gasteiger partial charge in [-0.2, -0.15) is 0 Å². The van der Waals surface area contributed by atoms with Crippen molar-refractivity contribution in [3.63, 3.8) is 0 Å². The Morgan fingerprint density at radius 1 is 1.10 bits per heavy atom. The average Bonchev–Trinajstić information content (AvgIpc) is 3.40. The SMILES string of the molecule is Cc1ccc(C(=O)NC2CC2)cc1-c1ccc2nc(N[C@@H]3CCNC3)ncc2c1. The third-order valence-electron chi connectivity index (χ3n) is 5.70.